The third-order valence-corrected chi connectivity index (χ3v) is 4.09. The molecule has 3 N–H and O–H groups in total. The van der Waals surface area contributed by atoms with E-state index in [0.29, 0.717) is 18.7 Å². The van der Waals surface area contributed by atoms with Gasteiger partial charge in [0.25, 0.3) is 5.91 Å². The van der Waals surface area contributed by atoms with Gasteiger partial charge >= 0.3 is 0 Å². The van der Waals surface area contributed by atoms with E-state index in [4.69, 9.17) is 5.73 Å². The van der Waals surface area contributed by atoms with E-state index in [0.717, 1.165) is 5.56 Å². The summed E-state index contributed by atoms with van der Waals surface area (Å²) in [6.45, 7) is 10.9. The lowest BCUT2D eigenvalue weighted by atomic mass is 9.92. The second kappa shape index (κ2) is 9.78. The molecule has 0 spiro atoms. The van der Waals surface area contributed by atoms with Crippen molar-refractivity contribution in [3.8, 4) is 0 Å². The number of nitrogens with zero attached hydrogens (tertiary/aromatic N) is 1. The van der Waals surface area contributed by atoms with Crippen LogP contribution in [0.15, 0.2) is 24.3 Å². The zero-order valence-corrected chi connectivity index (χ0v) is 16.9. The van der Waals surface area contributed by atoms with Gasteiger partial charge in [-0.05, 0) is 36.9 Å². The van der Waals surface area contributed by atoms with Crippen molar-refractivity contribution >= 4 is 24.2 Å². The van der Waals surface area contributed by atoms with Gasteiger partial charge in [-0.2, -0.15) is 0 Å². The Hall–Kier alpha value is -1.59. The summed E-state index contributed by atoms with van der Waals surface area (Å²) in [5.41, 5.74) is 7.17. The van der Waals surface area contributed by atoms with Crippen molar-refractivity contribution in [3.05, 3.63) is 35.4 Å². The molecule has 1 atom stereocenters. The maximum Gasteiger partial charge on any atom is 0.251 e. The molecule has 0 aliphatic carbocycles. The fourth-order valence-corrected chi connectivity index (χ4v) is 2.55. The number of rotatable bonds is 7. The number of halogens is 1. The fraction of sp³-hybridized carbons (Fsp3) is 0.579. The Bertz CT molecular complexity index is 588. The quantitative estimate of drug-likeness (QED) is 0.775. The van der Waals surface area contributed by atoms with Crippen molar-refractivity contribution in [3.63, 3.8) is 0 Å². The molecule has 0 fully saturated rings. The van der Waals surface area contributed by atoms with Crippen LogP contribution in [0.2, 0.25) is 0 Å². The zero-order valence-electron chi connectivity index (χ0n) is 16.1. The molecule has 0 radical (unpaired) electrons. The molecule has 5 nitrogen and oxygen atoms in total. The van der Waals surface area contributed by atoms with E-state index >= 15 is 0 Å². The van der Waals surface area contributed by atoms with Crippen LogP contribution in [0.3, 0.4) is 0 Å². The fourth-order valence-electron chi connectivity index (χ4n) is 2.55. The molecule has 6 heteroatoms. The third kappa shape index (κ3) is 7.04. The summed E-state index contributed by atoms with van der Waals surface area (Å²) in [4.78, 5) is 26.9. The molecular weight excluding hydrogens is 338 g/mol. The van der Waals surface area contributed by atoms with Gasteiger partial charge in [-0.25, -0.2) is 0 Å². The van der Waals surface area contributed by atoms with Gasteiger partial charge in [0.1, 0.15) is 6.04 Å². The van der Waals surface area contributed by atoms with Crippen molar-refractivity contribution in [2.75, 3.05) is 20.1 Å². The molecule has 25 heavy (non-hydrogen) atoms. The number of hydrogen-bond acceptors (Lipinski definition) is 3. The molecule has 0 heterocycles. The van der Waals surface area contributed by atoms with Gasteiger partial charge in [-0.3, -0.25) is 9.59 Å². The monoisotopic (exact) mass is 369 g/mol. The lowest BCUT2D eigenvalue weighted by Gasteiger charge is -2.32. The lowest BCUT2D eigenvalue weighted by molar-refractivity contribution is -0.134. The number of carbonyl (C=O) groups is 2. The molecule has 0 aliphatic heterocycles. The molecule has 0 saturated carbocycles. The van der Waals surface area contributed by atoms with Crippen LogP contribution in [0.25, 0.3) is 0 Å². The van der Waals surface area contributed by atoms with Crippen LogP contribution in [-0.4, -0.2) is 42.9 Å². The first kappa shape index (κ1) is 23.4. The highest BCUT2D eigenvalue weighted by Crippen LogP contribution is 2.16. The summed E-state index contributed by atoms with van der Waals surface area (Å²) in [5, 5.41) is 2.88. The van der Waals surface area contributed by atoms with Crippen LogP contribution in [0.4, 0.5) is 0 Å². The van der Waals surface area contributed by atoms with Gasteiger partial charge < -0.3 is 16.0 Å². The Morgan fingerprint density at radius 1 is 1.28 bits per heavy atom. The van der Waals surface area contributed by atoms with Crippen LogP contribution >= 0.6 is 12.4 Å². The van der Waals surface area contributed by atoms with Crippen LogP contribution in [0.1, 0.15) is 43.6 Å². The standard InChI is InChI=1S/C19H31N3O2.ClH/c1-13(2)16(18(24)22(6)12-19(4,5)11-20)21-17(23)15-9-7-8-14(3)10-15;/h7-10,13,16H,11-12,20H2,1-6H3,(H,21,23);1H. The minimum absolute atomic E-state index is 0. The topological polar surface area (TPSA) is 75.4 Å². The van der Waals surface area contributed by atoms with Gasteiger partial charge in [-0.1, -0.05) is 45.4 Å². The Morgan fingerprint density at radius 2 is 1.88 bits per heavy atom. The third-order valence-electron chi connectivity index (χ3n) is 4.09. The predicted molar refractivity (Wildman–Crippen MR) is 105 cm³/mol. The molecule has 1 aromatic carbocycles. The average Bonchev–Trinajstić information content (AvgIpc) is 2.51. The molecule has 0 aliphatic rings. The van der Waals surface area contributed by atoms with E-state index in [-0.39, 0.29) is 35.6 Å². The van der Waals surface area contributed by atoms with Crippen molar-refractivity contribution in [1.29, 1.82) is 0 Å². The van der Waals surface area contributed by atoms with Crippen LogP contribution < -0.4 is 11.1 Å². The maximum atomic E-state index is 12.8. The minimum Gasteiger partial charge on any atom is -0.343 e. The van der Waals surface area contributed by atoms with E-state index in [1.807, 2.05) is 52.8 Å². The summed E-state index contributed by atoms with van der Waals surface area (Å²) < 4.78 is 0. The van der Waals surface area contributed by atoms with Gasteiger partial charge in [0.05, 0.1) is 0 Å². The van der Waals surface area contributed by atoms with Crippen LogP contribution in [0, 0.1) is 18.3 Å². The number of nitrogens with two attached hydrogens (primary N) is 1. The van der Waals surface area contributed by atoms with E-state index in [1.54, 1.807) is 18.0 Å². The van der Waals surface area contributed by atoms with E-state index in [1.165, 1.54) is 0 Å². The number of carbonyl (C=O) groups excluding carboxylic acids is 2. The maximum absolute atomic E-state index is 12.8. The Labute approximate surface area is 157 Å². The summed E-state index contributed by atoms with van der Waals surface area (Å²) in [6, 6.07) is 6.79. The Morgan fingerprint density at radius 3 is 2.36 bits per heavy atom. The lowest BCUT2D eigenvalue weighted by Crippen LogP contribution is -2.52. The highest BCUT2D eigenvalue weighted by Gasteiger charge is 2.30. The number of hydrogen-bond donors (Lipinski definition) is 2. The zero-order chi connectivity index (χ0) is 18.5. The number of likely N-dealkylation sites (N-methyl/N-ethyl adjacent to an activating group) is 1. The predicted octanol–water partition coefficient (Wildman–Crippen LogP) is 2.61. The molecule has 0 saturated heterocycles. The SMILES string of the molecule is Cc1cccc(C(=O)NC(C(=O)N(C)CC(C)(C)CN)C(C)C)c1.Cl. The number of nitrogens with one attached hydrogen (secondary N) is 1. The largest absolute Gasteiger partial charge is 0.343 e. The molecule has 1 rings (SSSR count). The second-order valence-electron chi connectivity index (χ2n) is 7.63. The van der Waals surface area contributed by atoms with Crippen molar-refractivity contribution in [1.82, 2.24) is 10.2 Å². The summed E-state index contributed by atoms with van der Waals surface area (Å²) in [6.07, 6.45) is 0. The summed E-state index contributed by atoms with van der Waals surface area (Å²) in [5.74, 6) is -0.320. The molecular formula is C19H32ClN3O2. The van der Waals surface area contributed by atoms with E-state index in [2.05, 4.69) is 5.32 Å². The normalized spacial score (nSPS) is 12.3. The number of aryl methyl sites for hydroxylation is 1. The highest BCUT2D eigenvalue weighted by molar-refractivity contribution is 5.97. The summed E-state index contributed by atoms with van der Waals surface area (Å²) >= 11 is 0. The van der Waals surface area contributed by atoms with Gasteiger partial charge in [-0.15, -0.1) is 12.4 Å². The second-order valence-corrected chi connectivity index (χ2v) is 7.63. The molecule has 0 bridgehead atoms. The van der Waals surface area contributed by atoms with E-state index < -0.39 is 6.04 Å². The van der Waals surface area contributed by atoms with Gasteiger partial charge in [0.2, 0.25) is 5.91 Å². The van der Waals surface area contributed by atoms with Crippen LogP contribution in [0.5, 0.6) is 0 Å². The highest BCUT2D eigenvalue weighted by atomic mass is 35.5. The molecule has 2 amide bonds. The molecule has 0 aromatic heterocycles. The molecule has 1 unspecified atom stereocenters. The summed E-state index contributed by atoms with van der Waals surface area (Å²) in [7, 11) is 1.76. The minimum atomic E-state index is -0.559. The first-order valence-electron chi connectivity index (χ1n) is 8.40. The first-order chi connectivity index (χ1) is 11.1. The van der Waals surface area contributed by atoms with Gasteiger partial charge in [0.15, 0.2) is 0 Å². The van der Waals surface area contributed by atoms with Crippen molar-refractivity contribution in [2.45, 2.75) is 40.7 Å². The molecule has 1 aromatic rings. The number of amides is 2. The number of benzene rings is 1. The van der Waals surface area contributed by atoms with Crippen LogP contribution in [-0.2, 0) is 4.79 Å². The van der Waals surface area contributed by atoms with Gasteiger partial charge in [0, 0.05) is 19.2 Å². The average molecular weight is 370 g/mol. The Kier molecular flexibility index (Phi) is 9.16. The molecule has 142 valence electrons. The van der Waals surface area contributed by atoms with Crippen molar-refractivity contribution < 1.29 is 9.59 Å². The van der Waals surface area contributed by atoms with E-state index in [9.17, 15) is 9.59 Å². The first-order valence-corrected chi connectivity index (χ1v) is 8.40. The Balaban J connectivity index is 0.00000576. The van der Waals surface area contributed by atoms with Crippen molar-refractivity contribution in [2.24, 2.45) is 17.1 Å². The smallest absolute Gasteiger partial charge is 0.251 e.